The van der Waals surface area contributed by atoms with E-state index in [0.29, 0.717) is 45.3 Å². The van der Waals surface area contributed by atoms with E-state index in [-0.39, 0.29) is 11.5 Å². The van der Waals surface area contributed by atoms with Crippen molar-refractivity contribution in [1.82, 2.24) is 21.0 Å². The van der Waals surface area contributed by atoms with Crippen LogP contribution in [0.25, 0.3) is 10.9 Å². The van der Waals surface area contributed by atoms with Gasteiger partial charge in [0.25, 0.3) is 0 Å². The van der Waals surface area contributed by atoms with Gasteiger partial charge in [-0.05, 0) is 42.0 Å². The number of aromatic nitrogens is 1. The Morgan fingerprint density at radius 1 is 1.16 bits per heavy atom. The standard InChI is InChI=1S/C28H29ClN8/c1-28(2,3)16-33-26-18(13-31)14-32-25-17(12-30)10-19(11-22(25)26)34-27(21-6-4-5-7-23(21)29)24-15-37(36-35-24)20-8-9-20/h4-7,10-11,14-15,20,27,34-36H,8-9,16H2,1-3H3,(H,32,33). The van der Waals surface area contributed by atoms with Crippen LogP contribution >= 0.6 is 11.6 Å². The minimum Gasteiger partial charge on any atom is -0.383 e. The van der Waals surface area contributed by atoms with Gasteiger partial charge >= 0.3 is 0 Å². The summed E-state index contributed by atoms with van der Waals surface area (Å²) in [5, 5.41) is 30.2. The molecule has 9 heteroatoms. The predicted octanol–water partition coefficient (Wildman–Crippen LogP) is 5.57. The summed E-state index contributed by atoms with van der Waals surface area (Å²) < 4.78 is 0. The molecule has 0 amide bonds. The number of hydrogen-bond acceptors (Lipinski definition) is 8. The van der Waals surface area contributed by atoms with Crippen LogP contribution in [0, 0.1) is 28.1 Å². The molecule has 5 rings (SSSR count). The van der Waals surface area contributed by atoms with Crippen molar-refractivity contribution in [3.63, 3.8) is 0 Å². The maximum Gasteiger partial charge on any atom is 0.103 e. The molecule has 0 radical (unpaired) electrons. The lowest BCUT2D eigenvalue weighted by Gasteiger charge is -2.24. The van der Waals surface area contributed by atoms with Gasteiger partial charge in [-0.2, -0.15) is 10.5 Å². The van der Waals surface area contributed by atoms with Gasteiger partial charge < -0.3 is 16.1 Å². The van der Waals surface area contributed by atoms with E-state index in [1.54, 1.807) is 6.07 Å². The first kappa shape index (κ1) is 24.7. The number of nitrogens with one attached hydrogen (secondary N) is 4. The quantitative estimate of drug-likeness (QED) is 0.325. The zero-order valence-corrected chi connectivity index (χ0v) is 21.8. The molecule has 1 atom stereocenters. The monoisotopic (exact) mass is 512 g/mol. The Morgan fingerprint density at radius 3 is 2.59 bits per heavy atom. The molecule has 2 aromatic carbocycles. The molecule has 1 aromatic heterocycles. The van der Waals surface area contributed by atoms with Gasteiger partial charge in [0.2, 0.25) is 0 Å². The number of hydrazine groups is 2. The Hall–Kier alpha value is -3.98. The van der Waals surface area contributed by atoms with Crippen molar-refractivity contribution in [1.29, 1.82) is 10.5 Å². The summed E-state index contributed by atoms with van der Waals surface area (Å²) >= 11 is 6.64. The van der Waals surface area contributed by atoms with E-state index in [0.717, 1.165) is 29.8 Å². The molecule has 3 aromatic rings. The zero-order valence-electron chi connectivity index (χ0n) is 21.1. The second-order valence-electron chi connectivity index (χ2n) is 10.7. The molecule has 1 fully saturated rings. The van der Waals surface area contributed by atoms with E-state index in [4.69, 9.17) is 11.6 Å². The zero-order chi connectivity index (χ0) is 26.2. The topological polar surface area (TPSA) is 112 Å². The van der Waals surface area contributed by atoms with Crippen LogP contribution in [0.2, 0.25) is 5.02 Å². The fourth-order valence-corrected chi connectivity index (χ4v) is 4.58. The molecule has 1 saturated carbocycles. The molecule has 4 N–H and O–H groups in total. The second kappa shape index (κ2) is 9.82. The molecule has 2 aliphatic rings. The Morgan fingerprint density at radius 2 is 1.92 bits per heavy atom. The minimum absolute atomic E-state index is 0.00750. The number of nitriles is 2. The summed E-state index contributed by atoms with van der Waals surface area (Å²) in [6.45, 7) is 7.03. The van der Waals surface area contributed by atoms with E-state index >= 15 is 0 Å². The van der Waals surface area contributed by atoms with E-state index in [1.807, 2.05) is 30.3 Å². The first-order chi connectivity index (χ1) is 17.8. The summed E-state index contributed by atoms with van der Waals surface area (Å²) in [4.78, 5) is 4.46. The van der Waals surface area contributed by atoms with Crippen LogP contribution in [-0.2, 0) is 0 Å². The number of hydrogen-bond donors (Lipinski definition) is 4. The minimum atomic E-state index is -0.313. The van der Waals surface area contributed by atoms with Crippen LogP contribution in [0.3, 0.4) is 0 Å². The third-order valence-electron chi connectivity index (χ3n) is 6.39. The average molecular weight is 513 g/mol. The number of rotatable bonds is 7. The van der Waals surface area contributed by atoms with E-state index < -0.39 is 0 Å². The normalized spacial score (nSPS) is 15.9. The number of fused-ring (bicyclic) bond motifs is 1. The van der Waals surface area contributed by atoms with Gasteiger partial charge in [-0.15, -0.1) is 5.53 Å². The molecule has 8 nitrogen and oxygen atoms in total. The van der Waals surface area contributed by atoms with Crippen LogP contribution < -0.4 is 21.6 Å². The van der Waals surface area contributed by atoms with Crippen molar-refractivity contribution in [2.75, 3.05) is 17.2 Å². The molecule has 37 heavy (non-hydrogen) atoms. The van der Waals surface area contributed by atoms with Crippen LogP contribution in [0.4, 0.5) is 11.4 Å². The van der Waals surface area contributed by atoms with Gasteiger partial charge in [0.15, 0.2) is 0 Å². The molecule has 1 aliphatic carbocycles. The SMILES string of the molecule is CC(C)(C)CNc1c(C#N)cnc2c(C#N)cc(NC(C3=CN(C4CC4)NN3)c3ccccc3Cl)cc12. The fraction of sp³-hybridized carbons (Fsp3) is 0.321. The Bertz CT molecular complexity index is 1460. The van der Waals surface area contributed by atoms with E-state index in [2.05, 4.69) is 70.7 Å². The highest BCUT2D eigenvalue weighted by Crippen LogP contribution is 2.37. The van der Waals surface area contributed by atoms with Crippen molar-refractivity contribution in [3.8, 4) is 12.1 Å². The van der Waals surface area contributed by atoms with Gasteiger partial charge in [-0.3, -0.25) is 9.99 Å². The summed E-state index contributed by atoms with van der Waals surface area (Å²) in [6, 6.07) is 16.1. The van der Waals surface area contributed by atoms with E-state index in [1.165, 1.54) is 6.20 Å². The van der Waals surface area contributed by atoms with Crippen molar-refractivity contribution in [2.24, 2.45) is 5.41 Å². The van der Waals surface area contributed by atoms with Crippen molar-refractivity contribution in [3.05, 3.63) is 76.2 Å². The lowest BCUT2D eigenvalue weighted by molar-refractivity contribution is 0.260. The lowest BCUT2D eigenvalue weighted by Crippen LogP contribution is -2.38. The number of nitrogens with zero attached hydrogens (tertiary/aromatic N) is 4. The fourth-order valence-electron chi connectivity index (χ4n) is 4.34. The third kappa shape index (κ3) is 5.27. The smallest absolute Gasteiger partial charge is 0.103 e. The van der Waals surface area contributed by atoms with Gasteiger partial charge in [0, 0.05) is 41.1 Å². The van der Waals surface area contributed by atoms with Crippen LogP contribution in [0.1, 0.15) is 56.3 Å². The second-order valence-corrected chi connectivity index (χ2v) is 11.1. The third-order valence-corrected chi connectivity index (χ3v) is 6.74. The summed E-state index contributed by atoms with van der Waals surface area (Å²) in [5.41, 5.74) is 11.1. The maximum absolute atomic E-state index is 9.98. The molecular weight excluding hydrogens is 484 g/mol. The van der Waals surface area contributed by atoms with Crippen LogP contribution in [-0.4, -0.2) is 22.6 Å². The summed E-state index contributed by atoms with van der Waals surface area (Å²) in [6.07, 6.45) is 5.89. The number of pyridine rings is 1. The first-order valence-electron chi connectivity index (χ1n) is 12.3. The molecule has 2 heterocycles. The van der Waals surface area contributed by atoms with Gasteiger partial charge in [-0.25, -0.2) is 0 Å². The Labute approximate surface area is 221 Å². The van der Waals surface area contributed by atoms with Crippen LogP contribution in [0.5, 0.6) is 0 Å². The predicted molar refractivity (Wildman–Crippen MR) is 146 cm³/mol. The van der Waals surface area contributed by atoms with Gasteiger partial charge in [0.05, 0.1) is 34.1 Å². The van der Waals surface area contributed by atoms with Crippen LogP contribution in [0.15, 0.2) is 54.5 Å². The highest BCUT2D eigenvalue weighted by Gasteiger charge is 2.32. The Kier molecular flexibility index (Phi) is 6.55. The molecule has 188 valence electrons. The number of benzene rings is 2. The van der Waals surface area contributed by atoms with Crippen molar-refractivity contribution < 1.29 is 0 Å². The molecule has 0 spiro atoms. The largest absolute Gasteiger partial charge is 0.383 e. The lowest BCUT2D eigenvalue weighted by atomic mass is 9.96. The van der Waals surface area contributed by atoms with Crippen molar-refractivity contribution in [2.45, 2.75) is 45.7 Å². The molecular formula is C28H29ClN8. The van der Waals surface area contributed by atoms with E-state index in [9.17, 15) is 10.5 Å². The molecule has 1 aliphatic heterocycles. The van der Waals surface area contributed by atoms with Gasteiger partial charge in [0.1, 0.15) is 12.1 Å². The average Bonchev–Trinajstić information content (AvgIpc) is 3.61. The number of anilines is 2. The van der Waals surface area contributed by atoms with Crippen molar-refractivity contribution >= 4 is 33.9 Å². The summed E-state index contributed by atoms with van der Waals surface area (Å²) in [7, 11) is 0. The van der Waals surface area contributed by atoms with Gasteiger partial charge in [-0.1, -0.05) is 50.6 Å². The molecule has 0 saturated heterocycles. The molecule has 1 unspecified atom stereocenters. The molecule has 0 bridgehead atoms. The first-order valence-corrected chi connectivity index (χ1v) is 12.7. The summed E-state index contributed by atoms with van der Waals surface area (Å²) in [5.74, 6) is 0. The Balaban J connectivity index is 1.60. The maximum atomic E-state index is 9.98. The number of halogens is 1. The highest BCUT2D eigenvalue weighted by molar-refractivity contribution is 6.31. The highest BCUT2D eigenvalue weighted by atomic mass is 35.5.